The van der Waals surface area contributed by atoms with E-state index in [-0.39, 0.29) is 37.1 Å². The summed E-state index contributed by atoms with van der Waals surface area (Å²) in [5.74, 6) is -1.68. The molecule has 2 saturated heterocycles. The highest BCUT2D eigenvalue weighted by molar-refractivity contribution is 5.73. The number of ether oxygens (including phenoxy) is 6. The summed E-state index contributed by atoms with van der Waals surface area (Å²) in [6, 6.07) is 16.7. The number of rotatable bonds is 16. The summed E-state index contributed by atoms with van der Waals surface area (Å²) in [4.78, 5) is 18.6. The van der Waals surface area contributed by atoms with Crippen molar-refractivity contribution in [2.75, 3.05) is 40.9 Å². The minimum atomic E-state index is -1.82. The van der Waals surface area contributed by atoms with E-state index in [4.69, 9.17) is 33.7 Å². The number of aryl methyl sites for hydroxylation is 1. The minimum absolute atomic E-state index is 0.125. The van der Waals surface area contributed by atoms with Gasteiger partial charge in [0, 0.05) is 70.2 Å². The van der Waals surface area contributed by atoms with E-state index in [1.807, 2.05) is 99.2 Å². The van der Waals surface area contributed by atoms with Crippen LogP contribution in [0.4, 0.5) is 0 Å². The molecule has 0 radical (unpaired) electrons. The quantitative estimate of drug-likeness (QED) is 0.0845. The summed E-state index contributed by atoms with van der Waals surface area (Å²) >= 11 is 0. The van der Waals surface area contributed by atoms with Gasteiger partial charge in [0.25, 0.3) is 0 Å². The number of nitrogens with zero attached hydrogens (tertiary/aromatic N) is 6. The number of esters is 1. The van der Waals surface area contributed by atoms with Crippen molar-refractivity contribution in [3.63, 3.8) is 0 Å². The molecule has 3 aliphatic rings. The zero-order valence-electron chi connectivity index (χ0n) is 47.4. The number of aliphatic hydroxyl groups excluding tert-OH is 3. The Morgan fingerprint density at radius 3 is 2.20 bits per heavy atom. The Bertz CT molecular complexity index is 2330. The molecular weight excluding hydrogens is 973 g/mol. The molecule has 0 bridgehead atoms. The minimum Gasteiger partial charge on any atom is -0.494 e. The van der Waals surface area contributed by atoms with Crippen LogP contribution in [0, 0.1) is 35.0 Å². The molecule has 3 heterocycles. The van der Waals surface area contributed by atoms with E-state index < -0.39 is 95.8 Å². The summed E-state index contributed by atoms with van der Waals surface area (Å²) in [5, 5.41) is 77.9. The number of cyclic esters (lactones) is 1. The highest BCUT2D eigenvalue weighted by Crippen LogP contribution is 2.41. The van der Waals surface area contributed by atoms with Gasteiger partial charge in [-0.1, -0.05) is 57.2 Å². The first-order valence-corrected chi connectivity index (χ1v) is 27.6. The van der Waals surface area contributed by atoms with Crippen molar-refractivity contribution in [1.29, 1.82) is 5.26 Å². The molecule has 18 heteroatoms. The fourth-order valence-corrected chi connectivity index (χ4v) is 12.1. The number of likely N-dealkylation sites (N-methyl/N-ethyl adjacent to an activating group) is 2. The Balaban J connectivity index is 1.17. The molecule has 18 atom stereocenters. The zero-order chi connectivity index (χ0) is 55.9. The maximum absolute atomic E-state index is 14.5. The van der Waals surface area contributed by atoms with Crippen molar-refractivity contribution in [2.24, 2.45) is 23.7 Å². The lowest BCUT2D eigenvalue weighted by Crippen LogP contribution is -2.60. The first-order chi connectivity index (χ1) is 35.8. The third kappa shape index (κ3) is 14.8. The Hall–Kier alpha value is -4.10. The first-order valence-electron chi connectivity index (χ1n) is 27.6. The molecule has 0 amide bonds. The average Bonchev–Trinajstić information content (AvgIpc) is 3.85. The van der Waals surface area contributed by atoms with Crippen LogP contribution >= 0.6 is 0 Å². The van der Waals surface area contributed by atoms with Crippen LogP contribution in [0.25, 0.3) is 11.1 Å². The maximum atomic E-state index is 14.5. The third-order valence-corrected chi connectivity index (χ3v) is 16.9. The van der Waals surface area contributed by atoms with E-state index >= 15 is 0 Å². The van der Waals surface area contributed by atoms with Gasteiger partial charge in [-0.25, -0.2) is 0 Å². The fraction of sp³-hybridized carbons (Fsp3) is 0.724. The van der Waals surface area contributed by atoms with Crippen LogP contribution in [0.5, 0.6) is 5.75 Å². The lowest BCUT2D eigenvalue weighted by atomic mass is 9.76. The van der Waals surface area contributed by atoms with Gasteiger partial charge in [-0.2, -0.15) is 5.26 Å². The molecule has 2 aromatic carbocycles. The second kappa shape index (κ2) is 26.2. The lowest BCUT2D eigenvalue weighted by molar-refractivity contribution is -0.302. The van der Waals surface area contributed by atoms with E-state index in [1.54, 1.807) is 34.6 Å². The van der Waals surface area contributed by atoms with Crippen LogP contribution in [0.2, 0.25) is 0 Å². The molecule has 1 saturated carbocycles. The van der Waals surface area contributed by atoms with E-state index in [0.29, 0.717) is 51.1 Å². The van der Waals surface area contributed by atoms with E-state index in [1.165, 1.54) is 14.0 Å². The van der Waals surface area contributed by atoms with Crippen LogP contribution in [0.1, 0.15) is 119 Å². The summed E-state index contributed by atoms with van der Waals surface area (Å²) in [6.45, 7) is 20.2. The van der Waals surface area contributed by atoms with Crippen LogP contribution in [-0.2, 0) is 41.4 Å². The van der Waals surface area contributed by atoms with E-state index in [0.717, 1.165) is 29.0 Å². The Morgan fingerprint density at radius 1 is 0.908 bits per heavy atom. The molecule has 18 nitrogen and oxygen atoms in total. The van der Waals surface area contributed by atoms with Gasteiger partial charge in [0.2, 0.25) is 0 Å². The van der Waals surface area contributed by atoms with Gasteiger partial charge in [-0.15, -0.1) is 5.10 Å². The van der Waals surface area contributed by atoms with Crippen LogP contribution in [0.15, 0.2) is 54.7 Å². The largest absolute Gasteiger partial charge is 0.494 e. The van der Waals surface area contributed by atoms with Gasteiger partial charge >= 0.3 is 5.97 Å². The van der Waals surface area contributed by atoms with E-state index in [2.05, 4.69) is 28.2 Å². The number of aliphatic hydroxyl groups is 5. The number of aromatic nitrogens is 3. The highest BCUT2D eigenvalue weighted by Gasteiger charge is 2.52. The van der Waals surface area contributed by atoms with Crippen molar-refractivity contribution in [2.45, 2.75) is 205 Å². The van der Waals surface area contributed by atoms with Gasteiger partial charge in [0.05, 0.1) is 71.6 Å². The summed E-state index contributed by atoms with van der Waals surface area (Å²) in [7, 11) is 5.37. The van der Waals surface area contributed by atoms with Crippen molar-refractivity contribution >= 4 is 5.97 Å². The zero-order valence-corrected chi connectivity index (χ0v) is 47.4. The lowest BCUT2D eigenvalue weighted by Gasteiger charge is -2.49. The molecule has 5 N–H and O–H groups in total. The van der Waals surface area contributed by atoms with Crippen molar-refractivity contribution in [3.05, 3.63) is 66.0 Å². The number of methoxy groups -OCH3 is 1. The number of hydrogen-bond acceptors (Lipinski definition) is 17. The highest BCUT2D eigenvalue weighted by atomic mass is 16.7. The normalized spacial score (nSPS) is 37.4. The molecular formula is C58H90N6O12. The summed E-state index contributed by atoms with van der Waals surface area (Å²) in [6.07, 6.45) is -3.59. The summed E-state index contributed by atoms with van der Waals surface area (Å²) in [5.41, 5.74) is -0.899. The van der Waals surface area contributed by atoms with E-state index in [9.17, 15) is 30.3 Å². The van der Waals surface area contributed by atoms with Gasteiger partial charge < -0.3 is 63.8 Å². The smallest absolute Gasteiger partial charge is 0.311 e. The molecule has 3 aromatic rings. The van der Waals surface area contributed by atoms with Gasteiger partial charge in [0.1, 0.15) is 29.7 Å². The van der Waals surface area contributed by atoms with Gasteiger partial charge in [-0.05, 0) is 129 Å². The number of benzene rings is 2. The predicted molar refractivity (Wildman–Crippen MR) is 287 cm³/mol. The molecule has 2 aliphatic heterocycles. The van der Waals surface area contributed by atoms with Crippen molar-refractivity contribution < 1.29 is 58.7 Å². The van der Waals surface area contributed by atoms with Crippen molar-refractivity contribution in [1.82, 2.24) is 24.8 Å². The second-order valence-electron chi connectivity index (χ2n) is 23.4. The average molecular weight is 1060 g/mol. The van der Waals surface area contributed by atoms with Gasteiger partial charge in [0.15, 0.2) is 6.29 Å². The molecule has 76 heavy (non-hydrogen) atoms. The Kier molecular flexibility index (Phi) is 21.1. The van der Waals surface area contributed by atoms with Crippen LogP contribution in [0.3, 0.4) is 0 Å². The molecule has 6 rings (SSSR count). The number of carbonyl (C=O) groups is 1. The first kappa shape index (κ1) is 61.1. The molecule has 3 fully saturated rings. The number of hydrogen-bond donors (Lipinski definition) is 5. The second-order valence-corrected chi connectivity index (χ2v) is 23.4. The topological polar surface area (TPSA) is 235 Å². The SMILES string of the molecule is CC[C@H]1OC(=O)[C@H](C)[C@@H](O[C@H]2C[C@@](C)(OC)[C@@H](O)[C@H](C)O2)[C@H](C)[C@@H](O[C@@H]2C[C@H](C)C[C@H](N(C)CCc3cn(CCCOc4ccc(-c5ccc(C#N)cc5)cc4)nn3)[C@H]2O)[C@](C)(O)C[C@@H](C)CN(C)[C@H](C)[C@@H](O)[C@]1(C)O. The third-order valence-electron chi connectivity index (χ3n) is 16.9. The summed E-state index contributed by atoms with van der Waals surface area (Å²) < 4.78 is 40.1. The van der Waals surface area contributed by atoms with Crippen LogP contribution < -0.4 is 4.74 Å². The predicted octanol–water partition coefficient (Wildman–Crippen LogP) is 5.78. The number of carbonyl (C=O) groups excluding carboxylic acids is 1. The maximum Gasteiger partial charge on any atom is 0.311 e. The standard InChI is InChI=1S/C58H90N6O12/c1-14-48-58(10,70)52(66)39(6)63(12)33-36(3)30-56(8,69)54(37(4)51(38(5)55(68)75-48)76-49-31-57(9,71-13)53(67)40(7)73-49)74-47-29-35(2)28-46(50(47)65)62(11)26-24-44-34-64(61-60-44)25-15-27-72-45-22-20-43(21-23-45)42-18-16-41(32-59)17-19-42/h16-23,34-40,46-54,65-67,69-70H,14-15,24-31,33H2,1-13H3/t35-,36-,37+,38-,39-,40+,46+,47-,48-,49+,50-,51+,52-,53+,54-,56-,57-,58-/m1/s1. The Labute approximate surface area is 451 Å². The van der Waals surface area contributed by atoms with Gasteiger partial charge in [-0.3, -0.25) is 9.48 Å². The molecule has 0 spiro atoms. The fourth-order valence-electron chi connectivity index (χ4n) is 12.1. The molecule has 1 aromatic heterocycles. The molecule has 424 valence electrons. The number of nitriles is 1. The van der Waals surface area contributed by atoms with Crippen LogP contribution in [-0.4, -0.2) is 181 Å². The monoisotopic (exact) mass is 1060 g/mol. The molecule has 0 unspecified atom stereocenters. The molecule has 1 aliphatic carbocycles. The Morgan fingerprint density at radius 2 is 1.57 bits per heavy atom. The van der Waals surface area contributed by atoms with Crippen molar-refractivity contribution in [3.8, 4) is 22.9 Å².